The molecule has 0 spiro atoms. The summed E-state index contributed by atoms with van der Waals surface area (Å²) in [6.07, 6.45) is 14.0. The van der Waals surface area contributed by atoms with Crippen LogP contribution < -0.4 is 4.74 Å². The van der Waals surface area contributed by atoms with Crippen molar-refractivity contribution in [2.75, 3.05) is 6.61 Å². The quantitative estimate of drug-likeness (QED) is 0.517. The van der Waals surface area contributed by atoms with E-state index in [0.29, 0.717) is 12.6 Å². The normalized spacial score (nSPS) is 10.7. The molecule has 1 radical (unpaired) electrons. The third-order valence-electron chi connectivity index (χ3n) is 3.91. The van der Waals surface area contributed by atoms with Gasteiger partial charge in [-0.05, 0) is 18.1 Å². The molecular formula is C20H27N2O. The lowest BCUT2D eigenvalue weighted by Crippen LogP contribution is -2.01. The average Bonchev–Trinajstić information content (AvgIpc) is 2.62. The number of benzene rings is 1. The predicted octanol–water partition coefficient (Wildman–Crippen LogP) is 5.46. The van der Waals surface area contributed by atoms with Crippen molar-refractivity contribution in [2.24, 2.45) is 0 Å². The summed E-state index contributed by atoms with van der Waals surface area (Å²) >= 11 is 0. The molecule has 3 nitrogen and oxygen atoms in total. The van der Waals surface area contributed by atoms with Crippen molar-refractivity contribution in [1.82, 2.24) is 9.97 Å². The van der Waals surface area contributed by atoms with Crippen molar-refractivity contribution in [3.63, 3.8) is 0 Å². The molecule has 0 fully saturated rings. The van der Waals surface area contributed by atoms with E-state index in [2.05, 4.69) is 23.0 Å². The van der Waals surface area contributed by atoms with Crippen LogP contribution in [-0.2, 0) is 0 Å². The molecule has 2 aromatic rings. The summed E-state index contributed by atoms with van der Waals surface area (Å²) in [5, 5.41) is 0. The van der Waals surface area contributed by atoms with E-state index in [9.17, 15) is 0 Å². The number of unbranched alkanes of at least 4 members (excludes halogenated alkanes) is 7. The first-order valence-electron chi connectivity index (χ1n) is 8.81. The maximum atomic E-state index is 5.61. The van der Waals surface area contributed by atoms with Crippen molar-refractivity contribution in [1.29, 1.82) is 0 Å². The number of ether oxygens (including phenoxy) is 1. The molecule has 1 heterocycles. The zero-order valence-corrected chi connectivity index (χ0v) is 14.1. The standard InChI is InChI=1S/C20H27N2O/c1-2-3-4-5-6-7-8-12-15-23-20-21-16-19(17-22-20)18-13-10-9-11-14-18/h10-11,13-14,16-17H,2-8,12,15H2,1H3. The van der Waals surface area contributed by atoms with Crippen LogP contribution in [0.15, 0.2) is 36.7 Å². The van der Waals surface area contributed by atoms with Crippen LogP contribution in [0.1, 0.15) is 58.3 Å². The Bertz CT molecular complexity index is 525. The molecule has 0 bridgehead atoms. The third kappa shape index (κ3) is 6.81. The summed E-state index contributed by atoms with van der Waals surface area (Å²) in [5.74, 6) is 0. The number of hydrogen-bond acceptors (Lipinski definition) is 3. The van der Waals surface area contributed by atoms with Crippen LogP contribution in [0.25, 0.3) is 11.1 Å². The molecule has 0 aliphatic heterocycles. The van der Waals surface area contributed by atoms with Gasteiger partial charge in [0.05, 0.1) is 6.61 Å². The fourth-order valence-corrected chi connectivity index (χ4v) is 2.52. The van der Waals surface area contributed by atoms with Crippen molar-refractivity contribution < 1.29 is 4.74 Å². The van der Waals surface area contributed by atoms with Crippen LogP contribution in [0.3, 0.4) is 0 Å². The van der Waals surface area contributed by atoms with Gasteiger partial charge in [0.25, 0.3) is 0 Å². The molecule has 0 aliphatic carbocycles. The monoisotopic (exact) mass is 311 g/mol. The summed E-state index contributed by atoms with van der Waals surface area (Å²) in [6.45, 7) is 2.96. The van der Waals surface area contributed by atoms with Crippen LogP contribution in [0.2, 0.25) is 0 Å². The predicted molar refractivity (Wildman–Crippen MR) is 94.4 cm³/mol. The van der Waals surface area contributed by atoms with E-state index in [4.69, 9.17) is 4.74 Å². The average molecular weight is 311 g/mol. The first-order chi connectivity index (χ1) is 11.4. The van der Waals surface area contributed by atoms with Gasteiger partial charge in [-0.3, -0.25) is 0 Å². The molecule has 0 unspecified atom stereocenters. The van der Waals surface area contributed by atoms with Gasteiger partial charge >= 0.3 is 6.01 Å². The van der Waals surface area contributed by atoms with E-state index in [-0.39, 0.29) is 0 Å². The number of hydrogen-bond donors (Lipinski definition) is 0. The minimum atomic E-state index is 0.471. The Hall–Kier alpha value is -1.90. The van der Waals surface area contributed by atoms with Gasteiger partial charge in [-0.15, -0.1) is 0 Å². The van der Waals surface area contributed by atoms with Gasteiger partial charge in [-0.1, -0.05) is 76.1 Å². The Morgan fingerprint density at radius 2 is 1.43 bits per heavy atom. The zero-order valence-electron chi connectivity index (χ0n) is 14.1. The Morgan fingerprint density at radius 1 is 0.826 bits per heavy atom. The van der Waals surface area contributed by atoms with Crippen molar-refractivity contribution in [2.45, 2.75) is 58.3 Å². The van der Waals surface area contributed by atoms with Crippen molar-refractivity contribution in [3.05, 3.63) is 42.7 Å². The minimum absolute atomic E-state index is 0.471. The fourth-order valence-electron chi connectivity index (χ4n) is 2.52. The Kier molecular flexibility index (Phi) is 8.17. The largest absolute Gasteiger partial charge is 0.463 e. The lowest BCUT2D eigenvalue weighted by atomic mass is 10.1. The topological polar surface area (TPSA) is 35.0 Å². The molecular weight excluding hydrogens is 284 g/mol. The summed E-state index contributed by atoms with van der Waals surface area (Å²) in [7, 11) is 0. The molecule has 0 saturated carbocycles. The highest BCUT2D eigenvalue weighted by molar-refractivity contribution is 5.60. The number of nitrogens with zero attached hydrogens (tertiary/aromatic N) is 2. The minimum Gasteiger partial charge on any atom is -0.463 e. The maximum Gasteiger partial charge on any atom is 0.316 e. The van der Waals surface area contributed by atoms with Crippen LogP contribution >= 0.6 is 0 Å². The Labute approximate surface area is 140 Å². The molecule has 1 aromatic carbocycles. The van der Waals surface area contributed by atoms with E-state index in [1.807, 2.05) is 36.7 Å². The fraction of sp³-hybridized carbons (Fsp3) is 0.500. The molecule has 0 aliphatic rings. The second-order valence-electron chi connectivity index (χ2n) is 5.87. The molecule has 3 heteroatoms. The SMILES string of the molecule is CCCCCCCCCCOc1ncc(-c2cc[c]cc2)cn1. The summed E-state index contributed by atoms with van der Waals surface area (Å²) in [6, 6.07) is 11.3. The highest BCUT2D eigenvalue weighted by atomic mass is 16.5. The van der Waals surface area contributed by atoms with E-state index >= 15 is 0 Å². The molecule has 1 aromatic heterocycles. The van der Waals surface area contributed by atoms with Gasteiger partial charge in [-0.25, -0.2) is 9.97 Å². The highest BCUT2D eigenvalue weighted by Gasteiger charge is 2.01. The zero-order chi connectivity index (χ0) is 16.2. The van der Waals surface area contributed by atoms with E-state index < -0.39 is 0 Å². The van der Waals surface area contributed by atoms with Gasteiger partial charge in [0.2, 0.25) is 0 Å². The van der Waals surface area contributed by atoms with Crippen molar-refractivity contribution >= 4 is 0 Å². The van der Waals surface area contributed by atoms with Gasteiger partial charge in [-0.2, -0.15) is 0 Å². The Balaban J connectivity index is 1.60. The van der Waals surface area contributed by atoms with Crippen molar-refractivity contribution in [3.8, 4) is 17.1 Å². The number of aromatic nitrogens is 2. The third-order valence-corrected chi connectivity index (χ3v) is 3.91. The van der Waals surface area contributed by atoms with Crippen LogP contribution in [0.4, 0.5) is 0 Å². The maximum absolute atomic E-state index is 5.61. The van der Waals surface area contributed by atoms with Crippen LogP contribution in [0, 0.1) is 6.07 Å². The molecule has 0 N–H and O–H groups in total. The molecule has 123 valence electrons. The van der Waals surface area contributed by atoms with Crippen LogP contribution in [0.5, 0.6) is 6.01 Å². The molecule has 0 atom stereocenters. The van der Waals surface area contributed by atoms with E-state index in [0.717, 1.165) is 17.5 Å². The Morgan fingerprint density at radius 3 is 2.09 bits per heavy atom. The van der Waals surface area contributed by atoms with Gasteiger partial charge in [0.15, 0.2) is 0 Å². The molecule has 0 amide bonds. The lowest BCUT2D eigenvalue weighted by Gasteiger charge is -2.05. The second kappa shape index (κ2) is 10.8. The first kappa shape index (κ1) is 17.5. The van der Waals surface area contributed by atoms with Gasteiger partial charge in [0.1, 0.15) is 0 Å². The smallest absolute Gasteiger partial charge is 0.316 e. The summed E-state index contributed by atoms with van der Waals surface area (Å²) < 4.78 is 5.61. The summed E-state index contributed by atoms with van der Waals surface area (Å²) in [5.41, 5.74) is 2.09. The first-order valence-corrected chi connectivity index (χ1v) is 8.81. The number of rotatable bonds is 11. The molecule has 0 saturated heterocycles. The highest BCUT2D eigenvalue weighted by Crippen LogP contribution is 2.17. The van der Waals surface area contributed by atoms with Gasteiger partial charge in [0, 0.05) is 18.0 Å². The molecule has 2 rings (SSSR count). The second-order valence-corrected chi connectivity index (χ2v) is 5.87. The lowest BCUT2D eigenvalue weighted by molar-refractivity contribution is 0.281. The summed E-state index contributed by atoms with van der Waals surface area (Å²) in [4.78, 5) is 8.56. The van der Waals surface area contributed by atoms with E-state index in [1.54, 1.807) is 0 Å². The van der Waals surface area contributed by atoms with E-state index in [1.165, 1.54) is 44.9 Å². The van der Waals surface area contributed by atoms with Gasteiger partial charge < -0.3 is 4.74 Å². The molecule has 23 heavy (non-hydrogen) atoms. The van der Waals surface area contributed by atoms with Crippen LogP contribution in [-0.4, -0.2) is 16.6 Å².